The Morgan fingerprint density at radius 1 is 1.15 bits per heavy atom. The van der Waals surface area contributed by atoms with Crippen molar-refractivity contribution in [2.75, 3.05) is 23.9 Å². The first kappa shape index (κ1) is 20.8. The number of amides is 1. The predicted octanol–water partition coefficient (Wildman–Crippen LogP) is 4.11. The Kier molecular flexibility index (Phi) is 8.20. The maximum atomic E-state index is 12.8. The fourth-order valence-corrected chi connectivity index (χ4v) is 3.18. The van der Waals surface area contributed by atoms with Crippen LogP contribution in [0.1, 0.15) is 30.1 Å². The number of anilines is 1. The van der Waals surface area contributed by atoms with Crippen LogP contribution in [-0.2, 0) is 4.79 Å². The number of hydrogen-bond acceptors (Lipinski definition) is 4. The number of rotatable bonds is 10. The molecule has 0 aliphatic rings. The Morgan fingerprint density at radius 2 is 1.89 bits per heavy atom. The molecule has 0 saturated heterocycles. The lowest BCUT2D eigenvalue weighted by Gasteiger charge is -2.17. The summed E-state index contributed by atoms with van der Waals surface area (Å²) >= 11 is 1.56. The summed E-state index contributed by atoms with van der Waals surface area (Å²) in [7, 11) is 0. The van der Waals surface area contributed by atoms with Crippen molar-refractivity contribution < 1.29 is 14.7 Å². The van der Waals surface area contributed by atoms with Crippen LogP contribution in [0.25, 0.3) is 11.1 Å². The van der Waals surface area contributed by atoms with Gasteiger partial charge in [0, 0.05) is 17.8 Å². The summed E-state index contributed by atoms with van der Waals surface area (Å²) < 4.78 is 0. The first-order chi connectivity index (χ1) is 13.1. The number of benzene rings is 2. The van der Waals surface area contributed by atoms with Crippen molar-refractivity contribution in [3.8, 4) is 11.1 Å². The van der Waals surface area contributed by atoms with Crippen LogP contribution in [0.2, 0.25) is 0 Å². The fraction of sp³-hybridized carbons (Fsp3) is 0.333. The number of nitrogens with one attached hydrogen (secondary N) is 2. The molecule has 27 heavy (non-hydrogen) atoms. The van der Waals surface area contributed by atoms with Crippen molar-refractivity contribution in [1.82, 2.24) is 5.32 Å². The Labute approximate surface area is 164 Å². The fourth-order valence-electron chi connectivity index (χ4n) is 2.71. The summed E-state index contributed by atoms with van der Waals surface area (Å²) in [5, 5.41) is 15.4. The van der Waals surface area contributed by atoms with E-state index in [4.69, 9.17) is 0 Å². The van der Waals surface area contributed by atoms with Gasteiger partial charge in [-0.15, -0.1) is 0 Å². The molecule has 0 bridgehead atoms. The number of hydrogen-bond donors (Lipinski definition) is 3. The van der Waals surface area contributed by atoms with Gasteiger partial charge < -0.3 is 15.7 Å². The second-order valence-electron chi connectivity index (χ2n) is 6.20. The number of carbonyl (C=O) groups is 2. The maximum absolute atomic E-state index is 12.8. The van der Waals surface area contributed by atoms with Gasteiger partial charge in [0.15, 0.2) is 0 Å². The first-order valence-corrected chi connectivity index (χ1v) is 10.4. The van der Waals surface area contributed by atoms with Crippen molar-refractivity contribution >= 4 is 29.3 Å². The lowest BCUT2D eigenvalue weighted by atomic mass is 9.98. The minimum atomic E-state index is -1.01. The minimum Gasteiger partial charge on any atom is -0.480 e. The van der Waals surface area contributed by atoms with E-state index in [-0.39, 0.29) is 5.91 Å². The van der Waals surface area contributed by atoms with Crippen LogP contribution in [-0.4, -0.2) is 41.6 Å². The molecule has 0 radical (unpaired) electrons. The van der Waals surface area contributed by atoms with E-state index < -0.39 is 12.0 Å². The summed E-state index contributed by atoms with van der Waals surface area (Å²) in [4.78, 5) is 24.3. The van der Waals surface area contributed by atoms with Crippen molar-refractivity contribution in [3.05, 3.63) is 54.1 Å². The van der Waals surface area contributed by atoms with Gasteiger partial charge in [0.05, 0.1) is 0 Å². The van der Waals surface area contributed by atoms with E-state index in [0.29, 0.717) is 17.7 Å². The SMILES string of the molecule is CCCNc1ccc(C(=O)N[C@@H](CCSC)C(=O)O)c(-c2ccccc2)c1. The molecule has 0 heterocycles. The number of aliphatic carboxylic acids is 1. The van der Waals surface area contributed by atoms with Crippen molar-refractivity contribution in [2.45, 2.75) is 25.8 Å². The van der Waals surface area contributed by atoms with Gasteiger partial charge in [-0.05, 0) is 54.2 Å². The summed E-state index contributed by atoms with van der Waals surface area (Å²) in [6, 6.07) is 14.3. The predicted molar refractivity (Wildman–Crippen MR) is 113 cm³/mol. The lowest BCUT2D eigenvalue weighted by Crippen LogP contribution is -2.41. The Balaban J connectivity index is 2.33. The number of carbonyl (C=O) groups excluding carboxylic acids is 1. The summed E-state index contributed by atoms with van der Waals surface area (Å²) in [6.07, 6.45) is 3.30. The van der Waals surface area contributed by atoms with Crippen LogP contribution in [0.15, 0.2) is 48.5 Å². The second-order valence-corrected chi connectivity index (χ2v) is 7.18. The molecule has 0 aliphatic carbocycles. The highest BCUT2D eigenvalue weighted by molar-refractivity contribution is 7.98. The monoisotopic (exact) mass is 386 g/mol. The third kappa shape index (κ3) is 6.03. The number of thioether (sulfide) groups is 1. The van der Waals surface area contributed by atoms with Gasteiger partial charge in [-0.25, -0.2) is 4.79 Å². The summed E-state index contributed by atoms with van der Waals surface area (Å²) in [5.41, 5.74) is 3.10. The third-order valence-electron chi connectivity index (χ3n) is 4.14. The average molecular weight is 387 g/mol. The number of carboxylic acid groups (broad SMARTS) is 1. The normalized spacial score (nSPS) is 11.6. The zero-order chi connectivity index (χ0) is 19.6. The smallest absolute Gasteiger partial charge is 0.326 e. The highest BCUT2D eigenvalue weighted by Gasteiger charge is 2.22. The Morgan fingerprint density at radius 3 is 2.52 bits per heavy atom. The molecular weight excluding hydrogens is 360 g/mol. The van der Waals surface area contributed by atoms with Crippen molar-refractivity contribution in [3.63, 3.8) is 0 Å². The molecule has 144 valence electrons. The summed E-state index contributed by atoms with van der Waals surface area (Å²) in [5.74, 6) is -0.716. The molecule has 0 spiro atoms. The largest absolute Gasteiger partial charge is 0.480 e. The van der Waals surface area contributed by atoms with Gasteiger partial charge in [0.1, 0.15) is 6.04 Å². The maximum Gasteiger partial charge on any atom is 0.326 e. The second kappa shape index (κ2) is 10.6. The van der Waals surface area contributed by atoms with Crippen LogP contribution >= 0.6 is 11.8 Å². The molecule has 0 aliphatic heterocycles. The van der Waals surface area contributed by atoms with Gasteiger partial charge in [-0.2, -0.15) is 11.8 Å². The standard InChI is InChI=1S/C21H26N2O3S/c1-3-12-22-16-9-10-17(18(14-16)15-7-5-4-6-8-15)20(24)23-19(21(25)26)11-13-27-2/h4-10,14,19,22H,3,11-13H2,1-2H3,(H,23,24)(H,25,26)/t19-/m0/s1. The molecular formula is C21H26N2O3S. The quantitative estimate of drug-likeness (QED) is 0.573. The average Bonchev–Trinajstić information content (AvgIpc) is 2.69. The van der Waals surface area contributed by atoms with E-state index in [1.165, 1.54) is 0 Å². The van der Waals surface area contributed by atoms with E-state index in [1.807, 2.05) is 48.7 Å². The molecule has 1 atom stereocenters. The van der Waals surface area contributed by atoms with Gasteiger partial charge in [0.25, 0.3) is 5.91 Å². The van der Waals surface area contributed by atoms with E-state index in [0.717, 1.165) is 29.8 Å². The Bertz CT molecular complexity index is 765. The summed E-state index contributed by atoms with van der Waals surface area (Å²) in [6.45, 7) is 2.93. The van der Waals surface area contributed by atoms with Crippen LogP contribution in [0, 0.1) is 0 Å². The van der Waals surface area contributed by atoms with E-state index in [9.17, 15) is 14.7 Å². The molecule has 2 rings (SSSR count). The molecule has 3 N–H and O–H groups in total. The molecule has 6 heteroatoms. The topological polar surface area (TPSA) is 78.4 Å². The third-order valence-corrected chi connectivity index (χ3v) is 4.79. The van der Waals surface area contributed by atoms with Crippen LogP contribution < -0.4 is 10.6 Å². The molecule has 0 fully saturated rings. The highest BCUT2D eigenvalue weighted by atomic mass is 32.2. The molecule has 2 aromatic carbocycles. The first-order valence-electron chi connectivity index (χ1n) is 9.02. The van der Waals surface area contributed by atoms with Gasteiger partial charge >= 0.3 is 5.97 Å². The van der Waals surface area contributed by atoms with Crippen LogP contribution in [0.3, 0.4) is 0 Å². The van der Waals surface area contributed by atoms with Crippen LogP contribution in [0.5, 0.6) is 0 Å². The zero-order valence-electron chi connectivity index (χ0n) is 15.7. The highest BCUT2D eigenvalue weighted by Crippen LogP contribution is 2.27. The van der Waals surface area contributed by atoms with Crippen molar-refractivity contribution in [1.29, 1.82) is 0 Å². The molecule has 0 saturated carbocycles. The molecule has 2 aromatic rings. The van der Waals surface area contributed by atoms with Gasteiger partial charge in [0.2, 0.25) is 0 Å². The van der Waals surface area contributed by atoms with Crippen molar-refractivity contribution in [2.24, 2.45) is 0 Å². The lowest BCUT2D eigenvalue weighted by molar-refractivity contribution is -0.139. The van der Waals surface area contributed by atoms with Gasteiger partial charge in [-0.1, -0.05) is 37.3 Å². The molecule has 0 unspecified atom stereocenters. The van der Waals surface area contributed by atoms with E-state index in [1.54, 1.807) is 17.8 Å². The number of carboxylic acids is 1. The van der Waals surface area contributed by atoms with Gasteiger partial charge in [-0.3, -0.25) is 4.79 Å². The molecule has 1 amide bonds. The van der Waals surface area contributed by atoms with E-state index >= 15 is 0 Å². The molecule has 0 aromatic heterocycles. The zero-order valence-corrected chi connectivity index (χ0v) is 16.5. The Hall–Kier alpha value is -2.47. The van der Waals surface area contributed by atoms with Crippen LogP contribution in [0.4, 0.5) is 5.69 Å². The minimum absolute atomic E-state index is 0.371. The molecule has 5 nitrogen and oxygen atoms in total. The van der Waals surface area contributed by atoms with E-state index in [2.05, 4.69) is 17.6 Å².